The second kappa shape index (κ2) is 13.3. The monoisotopic (exact) mass is 650 g/mol. The van der Waals surface area contributed by atoms with E-state index in [-0.39, 0.29) is 24.0 Å². The molecule has 0 spiro atoms. The van der Waals surface area contributed by atoms with Crippen LogP contribution in [-0.4, -0.2) is 118 Å². The molecule has 4 unspecified atom stereocenters. The van der Waals surface area contributed by atoms with Crippen LogP contribution in [0.25, 0.3) is 0 Å². The third-order valence-electron chi connectivity index (χ3n) is 6.98. The molecule has 43 heavy (non-hydrogen) atoms. The van der Waals surface area contributed by atoms with E-state index in [1.165, 1.54) is 22.2 Å². The van der Waals surface area contributed by atoms with Crippen LogP contribution in [0.1, 0.15) is 12.8 Å². The first-order valence-electron chi connectivity index (χ1n) is 13.2. The number of carbonyl (C=O) groups excluding carboxylic acids is 2. The molecular weight excluding hydrogens is 614 g/mol. The van der Waals surface area contributed by atoms with Gasteiger partial charge in [0, 0.05) is 49.3 Å². The quantitative estimate of drug-likeness (QED) is 0.135. The lowest BCUT2D eigenvalue weighted by Gasteiger charge is -2.28. The van der Waals surface area contributed by atoms with Crippen molar-refractivity contribution in [1.29, 1.82) is 0 Å². The summed E-state index contributed by atoms with van der Waals surface area (Å²) in [6.07, 6.45) is -0.716. The van der Waals surface area contributed by atoms with Gasteiger partial charge in [0.05, 0.1) is 13.2 Å². The van der Waals surface area contributed by atoms with E-state index in [9.17, 15) is 39.1 Å². The molecule has 4 aliphatic heterocycles. The number of allylic oxidation sites excluding steroid dienone is 2. The molecule has 0 aromatic heterocycles. The number of hydrogen-bond donors (Lipinski definition) is 6. The van der Waals surface area contributed by atoms with E-state index in [1.54, 1.807) is 24.6 Å². The fourth-order valence-corrected chi connectivity index (χ4v) is 8.13. The summed E-state index contributed by atoms with van der Waals surface area (Å²) in [7, 11) is -8.22. The number of carbonyl (C=O) groups is 2. The Morgan fingerprint density at radius 3 is 1.51 bits per heavy atom. The number of primary amides is 2. The highest BCUT2D eigenvalue weighted by Gasteiger charge is 2.47. The minimum atomic E-state index is -4.11. The standard InChI is InChI=1S/C24H36N4O13P2/c1-42(35,37-11-15-17(29)19(31)23(39-15)27-7-3-5-13(9-27)21(25)33)41-43(2,36)38-12-16-18(30)20(32)24(40-16)28-8-4-6-14(10-28)22(26)34/h3-4,7-10,15-20,23-24,29-32H,5-6,11-12H2,1-2H3,(H2,25,33)(H2,26,34)/t15-,16-,17-,18-,19-,20-,23?,24?,42?,43?/m1/s1. The number of aliphatic hydroxyl groups excluding tert-OH is 4. The van der Waals surface area contributed by atoms with Crippen LogP contribution in [0.4, 0.5) is 0 Å². The molecule has 0 radical (unpaired) electrons. The molecule has 19 heteroatoms. The maximum absolute atomic E-state index is 13.0. The maximum Gasteiger partial charge on any atom is 0.334 e. The van der Waals surface area contributed by atoms with Crippen LogP contribution < -0.4 is 11.5 Å². The lowest BCUT2D eigenvalue weighted by atomic mass is 10.1. The number of nitrogens with two attached hydrogens (primary N) is 2. The molecule has 2 amide bonds. The molecule has 0 saturated carbocycles. The van der Waals surface area contributed by atoms with E-state index in [2.05, 4.69) is 0 Å². The SMILES string of the molecule is CP(=O)(OC[C@H]1OC(N2C=CCC(C(N)=O)=C2)[C@H](O)[C@@H]1O)OP(C)(=O)OC[C@H]1OC(N2C=CCC(C(N)=O)=C2)[C@H](O)[C@@H]1O. The fraction of sp³-hybridized carbons (Fsp3) is 0.583. The predicted octanol–water partition coefficient (Wildman–Crippen LogP) is -1.25. The molecule has 2 fully saturated rings. The van der Waals surface area contributed by atoms with Gasteiger partial charge in [0.1, 0.15) is 36.6 Å². The molecule has 0 aromatic carbocycles. The Bertz CT molecular complexity index is 1210. The molecule has 0 aliphatic carbocycles. The Kier molecular flexibility index (Phi) is 10.4. The van der Waals surface area contributed by atoms with Crippen molar-refractivity contribution in [2.45, 2.75) is 61.9 Å². The highest BCUT2D eigenvalue weighted by molar-refractivity contribution is 7.66. The summed E-state index contributed by atoms with van der Waals surface area (Å²) in [6.45, 7) is 0.968. The number of hydrogen-bond acceptors (Lipinski definition) is 15. The van der Waals surface area contributed by atoms with E-state index in [4.69, 9.17) is 34.3 Å². The molecule has 240 valence electrons. The van der Waals surface area contributed by atoms with Crippen molar-refractivity contribution in [3.05, 3.63) is 48.1 Å². The molecule has 4 rings (SSSR count). The Morgan fingerprint density at radius 1 is 0.791 bits per heavy atom. The second-order valence-electron chi connectivity index (χ2n) is 10.4. The zero-order chi connectivity index (χ0) is 31.7. The first-order valence-corrected chi connectivity index (χ1v) is 17.1. The fourth-order valence-electron chi connectivity index (χ4n) is 4.76. The Labute approximate surface area is 247 Å². The Balaban J connectivity index is 1.29. The Hall–Kier alpha value is -2.40. The van der Waals surface area contributed by atoms with Gasteiger partial charge in [-0.15, -0.1) is 0 Å². The van der Waals surface area contributed by atoms with Gasteiger partial charge >= 0.3 is 15.2 Å². The van der Waals surface area contributed by atoms with Gasteiger partial charge in [-0.2, -0.15) is 0 Å². The van der Waals surface area contributed by atoms with Gasteiger partial charge in [0.25, 0.3) is 0 Å². The first kappa shape index (κ1) is 33.5. The molecule has 2 saturated heterocycles. The number of nitrogens with zero attached hydrogens (tertiary/aromatic N) is 2. The van der Waals surface area contributed by atoms with E-state index < -0.39 is 89.3 Å². The molecular formula is C24H36N4O13P2. The number of aliphatic hydroxyl groups is 4. The van der Waals surface area contributed by atoms with E-state index in [0.717, 1.165) is 13.3 Å². The second-order valence-corrected chi connectivity index (χ2v) is 14.7. The van der Waals surface area contributed by atoms with E-state index >= 15 is 0 Å². The maximum atomic E-state index is 13.0. The smallest absolute Gasteiger partial charge is 0.334 e. The first-order chi connectivity index (χ1) is 20.1. The molecule has 17 nitrogen and oxygen atoms in total. The Morgan fingerprint density at radius 2 is 1.16 bits per heavy atom. The van der Waals surface area contributed by atoms with E-state index in [0.29, 0.717) is 0 Å². The lowest BCUT2D eigenvalue weighted by Crippen LogP contribution is -2.40. The van der Waals surface area contributed by atoms with Crippen molar-refractivity contribution < 1.29 is 62.0 Å². The lowest BCUT2D eigenvalue weighted by molar-refractivity contribution is -0.115. The minimum absolute atomic E-state index is 0.260. The third kappa shape index (κ3) is 8.01. The van der Waals surface area contributed by atoms with Crippen LogP contribution in [0.5, 0.6) is 0 Å². The summed E-state index contributed by atoms with van der Waals surface area (Å²) < 4.78 is 53.0. The van der Waals surface area contributed by atoms with Crippen LogP contribution in [0.15, 0.2) is 48.1 Å². The van der Waals surface area contributed by atoms with Crippen molar-refractivity contribution in [2.24, 2.45) is 11.5 Å². The van der Waals surface area contributed by atoms with Gasteiger partial charge in [0.15, 0.2) is 12.5 Å². The molecule has 4 heterocycles. The van der Waals surface area contributed by atoms with Crippen molar-refractivity contribution in [2.75, 3.05) is 26.5 Å². The molecule has 4 aliphatic rings. The predicted molar refractivity (Wildman–Crippen MR) is 147 cm³/mol. The van der Waals surface area contributed by atoms with Gasteiger partial charge in [-0.1, -0.05) is 12.2 Å². The van der Waals surface area contributed by atoms with Crippen LogP contribution in [-0.2, 0) is 41.6 Å². The van der Waals surface area contributed by atoms with Gasteiger partial charge in [-0.05, 0) is 12.8 Å². The normalized spacial score (nSPS) is 35.3. The number of amides is 2. The average molecular weight is 651 g/mol. The largest absolute Gasteiger partial charge is 0.387 e. The van der Waals surface area contributed by atoms with Crippen LogP contribution in [0, 0.1) is 0 Å². The molecule has 0 aromatic rings. The summed E-state index contributed by atoms with van der Waals surface area (Å²) in [5.74, 6) is -1.31. The van der Waals surface area contributed by atoms with Crippen molar-refractivity contribution in [3.63, 3.8) is 0 Å². The number of ether oxygens (including phenoxy) is 2. The topological polar surface area (TPSA) is 254 Å². The molecule has 0 bridgehead atoms. The zero-order valence-electron chi connectivity index (χ0n) is 23.3. The van der Waals surface area contributed by atoms with Gasteiger partial charge < -0.3 is 60.2 Å². The molecule has 10 atom stereocenters. The van der Waals surface area contributed by atoms with Crippen molar-refractivity contribution in [3.8, 4) is 0 Å². The molecule has 8 N–H and O–H groups in total. The zero-order valence-corrected chi connectivity index (χ0v) is 25.1. The van der Waals surface area contributed by atoms with Crippen LogP contribution >= 0.6 is 15.2 Å². The van der Waals surface area contributed by atoms with E-state index in [1.807, 2.05) is 0 Å². The minimum Gasteiger partial charge on any atom is -0.387 e. The van der Waals surface area contributed by atoms with Crippen LogP contribution in [0.2, 0.25) is 0 Å². The van der Waals surface area contributed by atoms with Gasteiger partial charge in [-0.25, -0.2) is 4.31 Å². The summed E-state index contributed by atoms with van der Waals surface area (Å²) >= 11 is 0. The van der Waals surface area contributed by atoms with Crippen molar-refractivity contribution >= 4 is 27.0 Å². The van der Waals surface area contributed by atoms with Gasteiger partial charge in [0.2, 0.25) is 11.8 Å². The average Bonchev–Trinajstić information content (AvgIpc) is 3.40. The van der Waals surface area contributed by atoms with Gasteiger partial charge in [-0.3, -0.25) is 18.7 Å². The number of rotatable bonds is 12. The summed E-state index contributed by atoms with van der Waals surface area (Å²) in [5.41, 5.74) is 11.1. The van der Waals surface area contributed by atoms with Crippen molar-refractivity contribution in [1.82, 2.24) is 9.80 Å². The highest BCUT2D eigenvalue weighted by Crippen LogP contribution is 2.61. The highest BCUT2D eigenvalue weighted by atomic mass is 31.3. The third-order valence-corrected chi connectivity index (χ3v) is 10.6. The van der Waals surface area contributed by atoms with Crippen LogP contribution in [0.3, 0.4) is 0 Å². The summed E-state index contributed by atoms with van der Waals surface area (Å²) in [5, 5.41) is 41.9. The summed E-state index contributed by atoms with van der Waals surface area (Å²) in [6, 6.07) is 0. The summed E-state index contributed by atoms with van der Waals surface area (Å²) in [4.78, 5) is 25.7.